The lowest BCUT2D eigenvalue weighted by Gasteiger charge is -2.14. The maximum Gasteiger partial charge on any atom is 0.244 e. The summed E-state index contributed by atoms with van der Waals surface area (Å²) in [4.78, 5) is 3.85. The molecule has 2 N–H and O–H groups in total. The average molecular weight is 319 g/mol. The minimum absolute atomic E-state index is 0.0211. The van der Waals surface area contributed by atoms with E-state index in [0.29, 0.717) is 18.7 Å². The Bertz CT molecular complexity index is 685. The van der Waals surface area contributed by atoms with Crippen LogP contribution in [0.1, 0.15) is 13.3 Å². The Hall–Kier alpha value is -1.19. The van der Waals surface area contributed by atoms with Crippen molar-refractivity contribution in [3.05, 3.63) is 18.5 Å². The molecule has 0 amide bonds. The van der Waals surface area contributed by atoms with Gasteiger partial charge in [-0.05, 0) is 19.4 Å². The number of rotatable bonds is 5. The number of sulfonamides is 1. The molecule has 7 nitrogen and oxygen atoms in total. The Labute approximate surface area is 118 Å². The molecule has 0 bridgehead atoms. The second-order valence-electron chi connectivity index (χ2n) is 4.62. The zero-order chi connectivity index (χ0) is 14.8. The number of aromatic nitrogens is 1. The summed E-state index contributed by atoms with van der Waals surface area (Å²) in [5.74, 6) is -0.129. The van der Waals surface area contributed by atoms with Gasteiger partial charge in [-0.3, -0.25) is 4.98 Å². The van der Waals surface area contributed by atoms with Gasteiger partial charge in [-0.25, -0.2) is 21.6 Å². The number of sulfone groups is 1. The molecule has 20 heavy (non-hydrogen) atoms. The minimum Gasteiger partial charge on any atom is -0.384 e. The Kier molecular flexibility index (Phi) is 4.31. The molecule has 1 saturated heterocycles. The lowest BCUT2D eigenvalue weighted by atomic mass is 10.3. The van der Waals surface area contributed by atoms with Crippen LogP contribution in [-0.2, 0) is 19.9 Å². The summed E-state index contributed by atoms with van der Waals surface area (Å²) in [7, 11) is -6.91. The number of nitrogens with zero attached hydrogens (tertiary/aromatic N) is 1. The van der Waals surface area contributed by atoms with Crippen molar-refractivity contribution >= 4 is 25.5 Å². The zero-order valence-corrected chi connectivity index (χ0v) is 12.7. The van der Waals surface area contributed by atoms with Crippen LogP contribution in [0.15, 0.2) is 23.4 Å². The Balaban J connectivity index is 2.23. The first-order valence-corrected chi connectivity index (χ1v) is 9.55. The number of nitrogens with one attached hydrogen (secondary N) is 2. The van der Waals surface area contributed by atoms with Crippen molar-refractivity contribution in [1.29, 1.82) is 0 Å². The normalized spacial score (nSPS) is 21.8. The van der Waals surface area contributed by atoms with Gasteiger partial charge in [0.25, 0.3) is 0 Å². The van der Waals surface area contributed by atoms with E-state index in [0.717, 1.165) is 0 Å². The third-order valence-corrected chi connectivity index (χ3v) is 6.31. The highest BCUT2D eigenvalue weighted by Gasteiger charge is 2.32. The first-order chi connectivity index (χ1) is 9.34. The van der Waals surface area contributed by atoms with E-state index in [-0.39, 0.29) is 16.4 Å². The van der Waals surface area contributed by atoms with Crippen molar-refractivity contribution in [3.8, 4) is 0 Å². The highest BCUT2D eigenvalue weighted by atomic mass is 32.2. The molecule has 1 aliphatic rings. The van der Waals surface area contributed by atoms with Gasteiger partial charge in [-0.2, -0.15) is 0 Å². The largest absolute Gasteiger partial charge is 0.384 e. The molecule has 112 valence electrons. The summed E-state index contributed by atoms with van der Waals surface area (Å²) < 4.78 is 49.8. The lowest BCUT2D eigenvalue weighted by molar-refractivity contribution is 0.562. The molecular formula is C11H17N3O4S2. The molecule has 0 radical (unpaired) electrons. The molecule has 1 aromatic heterocycles. The van der Waals surface area contributed by atoms with Crippen molar-refractivity contribution in [2.75, 3.05) is 23.4 Å². The molecule has 1 fully saturated rings. The predicted molar refractivity (Wildman–Crippen MR) is 75.8 cm³/mol. The van der Waals surface area contributed by atoms with Crippen LogP contribution in [0.25, 0.3) is 0 Å². The summed E-state index contributed by atoms with van der Waals surface area (Å²) in [6, 6.07) is 1.00. The van der Waals surface area contributed by atoms with E-state index in [1.807, 2.05) is 6.92 Å². The van der Waals surface area contributed by atoms with Crippen molar-refractivity contribution in [2.24, 2.45) is 0 Å². The van der Waals surface area contributed by atoms with Crippen LogP contribution in [0.4, 0.5) is 5.69 Å². The summed E-state index contributed by atoms with van der Waals surface area (Å²) >= 11 is 0. The van der Waals surface area contributed by atoms with Crippen molar-refractivity contribution in [2.45, 2.75) is 24.3 Å². The minimum atomic E-state index is -3.79. The van der Waals surface area contributed by atoms with Crippen LogP contribution in [0.5, 0.6) is 0 Å². The topological polar surface area (TPSA) is 105 Å². The van der Waals surface area contributed by atoms with E-state index in [1.54, 1.807) is 6.07 Å². The van der Waals surface area contributed by atoms with Gasteiger partial charge in [0.2, 0.25) is 10.0 Å². The molecule has 2 heterocycles. The first kappa shape index (κ1) is 15.2. The molecule has 0 spiro atoms. The molecule has 2 rings (SSSR count). The van der Waals surface area contributed by atoms with Gasteiger partial charge < -0.3 is 5.32 Å². The smallest absolute Gasteiger partial charge is 0.244 e. The van der Waals surface area contributed by atoms with Gasteiger partial charge >= 0.3 is 0 Å². The maximum absolute atomic E-state index is 12.3. The predicted octanol–water partition coefficient (Wildman–Crippen LogP) is -0.0212. The molecule has 0 aromatic carbocycles. The fourth-order valence-electron chi connectivity index (χ4n) is 2.10. The van der Waals surface area contributed by atoms with Gasteiger partial charge in [-0.1, -0.05) is 0 Å². The van der Waals surface area contributed by atoms with Crippen LogP contribution in [0.2, 0.25) is 0 Å². The standard InChI is InChI=1S/C11H17N3O4S2/c1-2-13-10-3-5-12-7-11(10)20(17,18)14-9-4-6-19(15,16)8-9/h3,5,7,9,14H,2,4,6,8H2,1H3,(H,12,13). The van der Waals surface area contributed by atoms with Gasteiger partial charge in [0.1, 0.15) is 4.90 Å². The number of pyridine rings is 1. The Morgan fingerprint density at radius 3 is 2.80 bits per heavy atom. The fraction of sp³-hybridized carbons (Fsp3) is 0.545. The second-order valence-corrected chi connectivity index (χ2v) is 8.53. The molecule has 9 heteroatoms. The highest BCUT2D eigenvalue weighted by molar-refractivity contribution is 7.92. The molecule has 1 atom stereocenters. The van der Waals surface area contributed by atoms with E-state index < -0.39 is 25.9 Å². The summed E-state index contributed by atoms with van der Waals surface area (Å²) in [6.45, 7) is 2.43. The van der Waals surface area contributed by atoms with Crippen LogP contribution in [0, 0.1) is 0 Å². The SMILES string of the molecule is CCNc1ccncc1S(=O)(=O)NC1CCS(=O)(=O)C1. The van der Waals surface area contributed by atoms with Crippen LogP contribution in [-0.4, -0.2) is 45.9 Å². The van der Waals surface area contributed by atoms with Crippen molar-refractivity contribution in [1.82, 2.24) is 9.71 Å². The van der Waals surface area contributed by atoms with Crippen LogP contribution < -0.4 is 10.0 Å². The number of anilines is 1. The average Bonchev–Trinajstić information content (AvgIpc) is 2.69. The zero-order valence-electron chi connectivity index (χ0n) is 11.0. The van der Waals surface area contributed by atoms with Crippen molar-refractivity contribution in [3.63, 3.8) is 0 Å². The Morgan fingerprint density at radius 2 is 2.20 bits per heavy atom. The summed E-state index contributed by atoms with van der Waals surface area (Å²) in [6.07, 6.45) is 3.05. The lowest BCUT2D eigenvalue weighted by Crippen LogP contribution is -2.36. The molecule has 0 aliphatic carbocycles. The van der Waals surface area contributed by atoms with Gasteiger partial charge in [-0.15, -0.1) is 0 Å². The van der Waals surface area contributed by atoms with Gasteiger partial charge in [0, 0.05) is 25.0 Å². The third-order valence-electron chi connectivity index (χ3n) is 3.00. The number of hydrogen-bond acceptors (Lipinski definition) is 6. The molecule has 1 aliphatic heterocycles. The van der Waals surface area contributed by atoms with E-state index in [2.05, 4.69) is 15.0 Å². The van der Waals surface area contributed by atoms with Gasteiger partial charge in [0.05, 0.1) is 17.2 Å². The molecule has 1 unspecified atom stereocenters. The van der Waals surface area contributed by atoms with Crippen LogP contribution in [0.3, 0.4) is 0 Å². The highest BCUT2D eigenvalue weighted by Crippen LogP contribution is 2.21. The van der Waals surface area contributed by atoms with Crippen molar-refractivity contribution < 1.29 is 16.8 Å². The maximum atomic E-state index is 12.3. The molecular weight excluding hydrogens is 302 g/mol. The molecule has 1 aromatic rings. The van der Waals surface area contributed by atoms with E-state index in [1.165, 1.54) is 12.4 Å². The first-order valence-electron chi connectivity index (χ1n) is 6.25. The fourth-order valence-corrected chi connectivity index (χ4v) is 5.28. The quantitative estimate of drug-likeness (QED) is 0.790. The third kappa shape index (κ3) is 3.47. The van der Waals surface area contributed by atoms with E-state index in [9.17, 15) is 16.8 Å². The van der Waals surface area contributed by atoms with Gasteiger partial charge in [0.15, 0.2) is 9.84 Å². The van der Waals surface area contributed by atoms with Crippen LogP contribution >= 0.6 is 0 Å². The molecule has 0 saturated carbocycles. The van der Waals surface area contributed by atoms with E-state index in [4.69, 9.17) is 0 Å². The monoisotopic (exact) mass is 319 g/mol. The van der Waals surface area contributed by atoms with E-state index >= 15 is 0 Å². The second kappa shape index (κ2) is 5.66. The Morgan fingerprint density at radius 1 is 1.45 bits per heavy atom. The summed E-state index contributed by atoms with van der Waals surface area (Å²) in [5, 5.41) is 2.95. The summed E-state index contributed by atoms with van der Waals surface area (Å²) in [5.41, 5.74) is 0.454. The number of hydrogen-bond donors (Lipinski definition) is 2.